The standard InChI is InChI=1S/C29H30BrN3O3S/c1-20-8-5-6-14-32(20)27(34)19-31-18-22(24-17-23(30)12-13-25(24)31)16-26-28(35)33(29(36)37-26)15-7-11-21-9-3-2-4-10-21/h2-4,9-10,12-13,16-18,20H,5-8,11,14-15,19H2,1H3/b26-16-/t20-/m0/s1. The number of carbonyl (C=O) groups is 3. The summed E-state index contributed by atoms with van der Waals surface area (Å²) in [5, 5.41) is 0.702. The summed E-state index contributed by atoms with van der Waals surface area (Å²) in [6.07, 6.45) is 8.50. The number of nitrogens with zero attached hydrogens (tertiary/aromatic N) is 3. The number of aromatic nitrogens is 1. The molecule has 6 nitrogen and oxygen atoms in total. The molecule has 0 N–H and O–H groups in total. The molecule has 0 radical (unpaired) electrons. The van der Waals surface area contributed by atoms with Crippen LogP contribution in [0.5, 0.6) is 0 Å². The Morgan fingerprint density at radius 3 is 2.73 bits per heavy atom. The minimum absolute atomic E-state index is 0.109. The molecule has 2 fully saturated rings. The molecule has 3 aromatic rings. The highest BCUT2D eigenvalue weighted by molar-refractivity contribution is 9.10. The first-order chi connectivity index (χ1) is 17.9. The largest absolute Gasteiger partial charge is 0.338 e. The van der Waals surface area contributed by atoms with Crippen molar-refractivity contribution in [1.29, 1.82) is 0 Å². The van der Waals surface area contributed by atoms with Crippen LogP contribution in [-0.4, -0.2) is 50.6 Å². The number of thioether (sulfide) groups is 1. The zero-order valence-corrected chi connectivity index (χ0v) is 23.3. The number of fused-ring (bicyclic) bond motifs is 1. The third-order valence-electron chi connectivity index (χ3n) is 7.15. The highest BCUT2D eigenvalue weighted by Crippen LogP contribution is 2.35. The highest BCUT2D eigenvalue weighted by Gasteiger charge is 2.35. The van der Waals surface area contributed by atoms with E-state index in [-0.39, 0.29) is 29.6 Å². The molecule has 192 valence electrons. The fourth-order valence-electron chi connectivity index (χ4n) is 5.17. The lowest BCUT2D eigenvalue weighted by Gasteiger charge is -2.33. The first-order valence-corrected chi connectivity index (χ1v) is 14.4. The van der Waals surface area contributed by atoms with Crippen LogP contribution < -0.4 is 0 Å². The van der Waals surface area contributed by atoms with Gasteiger partial charge in [-0.2, -0.15) is 0 Å². The number of hydrogen-bond donors (Lipinski definition) is 0. The smallest absolute Gasteiger partial charge is 0.293 e. The second kappa shape index (κ2) is 11.3. The molecule has 1 atom stereocenters. The van der Waals surface area contributed by atoms with E-state index in [9.17, 15) is 14.4 Å². The summed E-state index contributed by atoms with van der Waals surface area (Å²) in [5.41, 5.74) is 2.94. The maximum absolute atomic E-state index is 13.2. The molecule has 5 rings (SSSR count). The van der Waals surface area contributed by atoms with Crippen molar-refractivity contribution in [2.45, 2.75) is 51.6 Å². The number of likely N-dealkylation sites (tertiary alicyclic amines) is 1. The van der Waals surface area contributed by atoms with Gasteiger partial charge in [-0.25, -0.2) is 0 Å². The number of imide groups is 1. The van der Waals surface area contributed by atoms with Crippen LogP contribution >= 0.6 is 27.7 Å². The van der Waals surface area contributed by atoms with Crippen LogP contribution in [0.2, 0.25) is 0 Å². The molecule has 0 aliphatic carbocycles. The summed E-state index contributed by atoms with van der Waals surface area (Å²) < 4.78 is 2.87. The van der Waals surface area contributed by atoms with E-state index in [0.29, 0.717) is 11.4 Å². The fourth-order valence-corrected chi connectivity index (χ4v) is 6.38. The molecule has 37 heavy (non-hydrogen) atoms. The molecule has 3 heterocycles. The Balaban J connectivity index is 1.35. The van der Waals surface area contributed by atoms with Crippen molar-refractivity contribution in [3.05, 3.63) is 75.2 Å². The maximum atomic E-state index is 13.2. The molecule has 2 aromatic carbocycles. The molecule has 2 saturated heterocycles. The Morgan fingerprint density at radius 2 is 1.95 bits per heavy atom. The molecule has 0 spiro atoms. The number of aryl methyl sites for hydroxylation is 1. The monoisotopic (exact) mass is 579 g/mol. The van der Waals surface area contributed by atoms with Gasteiger partial charge in [0.15, 0.2) is 0 Å². The number of hydrogen-bond acceptors (Lipinski definition) is 4. The van der Waals surface area contributed by atoms with Crippen LogP contribution in [0, 0.1) is 0 Å². The van der Waals surface area contributed by atoms with Gasteiger partial charge >= 0.3 is 0 Å². The van der Waals surface area contributed by atoms with Gasteiger partial charge in [0.1, 0.15) is 6.54 Å². The van der Waals surface area contributed by atoms with E-state index in [1.807, 2.05) is 52.1 Å². The third-order valence-corrected chi connectivity index (χ3v) is 8.55. The topological polar surface area (TPSA) is 62.6 Å². The lowest BCUT2D eigenvalue weighted by molar-refractivity contribution is -0.135. The maximum Gasteiger partial charge on any atom is 0.293 e. The van der Waals surface area contributed by atoms with Crippen molar-refractivity contribution >= 4 is 61.7 Å². The van der Waals surface area contributed by atoms with Gasteiger partial charge in [-0.15, -0.1) is 0 Å². The van der Waals surface area contributed by atoms with Crippen LogP contribution in [0.3, 0.4) is 0 Å². The highest BCUT2D eigenvalue weighted by atomic mass is 79.9. The number of benzene rings is 2. The van der Waals surface area contributed by atoms with Gasteiger partial charge in [0.05, 0.1) is 4.91 Å². The van der Waals surface area contributed by atoms with Crippen LogP contribution in [0.4, 0.5) is 4.79 Å². The zero-order chi connectivity index (χ0) is 25.9. The lowest BCUT2D eigenvalue weighted by Crippen LogP contribution is -2.43. The van der Waals surface area contributed by atoms with Gasteiger partial charge in [-0.1, -0.05) is 46.3 Å². The summed E-state index contributed by atoms with van der Waals surface area (Å²) in [4.78, 5) is 42.7. The molecule has 3 amide bonds. The van der Waals surface area contributed by atoms with Crippen molar-refractivity contribution in [1.82, 2.24) is 14.4 Å². The van der Waals surface area contributed by atoms with E-state index in [0.717, 1.165) is 71.3 Å². The van der Waals surface area contributed by atoms with E-state index in [1.165, 1.54) is 10.5 Å². The first-order valence-electron chi connectivity index (χ1n) is 12.8. The Bertz CT molecular complexity index is 1370. The van der Waals surface area contributed by atoms with Crippen LogP contribution in [0.15, 0.2) is 64.1 Å². The molecule has 2 aliphatic rings. The summed E-state index contributed by atoms with van der Waals surface area (Å²) in [5.74, 6) is -0.144. The van der Waals surface area contributed by atoms with Gasteiger partial charge in [0.2, 0.25) is 5.91 Å². The van der Waals surface area contributed by atoms with Crippen LogP contribution in [-0.2, 0) is 22.6 Å². The van der Waals surface area contributed by atoms with Crippen molar-refractivity contribution < 1.29 is 14.4 Å². The van der Waals surface area contributed by atoms with Crippen molar-refractivity contribution in [3.8, 4) is 0 Å². The van der Waals surface area contributed by atoms with Gasteiger partial charge in [0.25, 0.3) is 11.1 Å². The van der Waals surface area contributed by atoms with Gasteiger partial charge in [0, 0.05) is 46.3 Å². The minimum atomic E-state index is -0.253. The summed E-state index contributed by atoms with van der Waals surface area (Å²) in [6, 6.07) is 16.3. The van der Waals surface area contributed by atoms with Gasteiger partial charge < -0.3 is 9.47 Å². The van der Waals surface area contributed by atoms with Gasteiger partial charge in [-0.3, -0.25) is 19.3 Å². The summed E-state index contributed by atoms with van der Waals surface area (Å²) in [7, 11) is 0. The average Bonchev–Trinajstić information content (AvgIpc) is 3.35. The second-order valence-corrected chi connectivity index (χ2v) is 11.6. The Labute approximate surface area is 229 Å². The Morgan fingerprint density at radius 1 is 1.14 bits per heavy atom. The molecule has 0 saturated carbocycles. The van der Waals surface area contributed by atoms with Crippen LogP contribution in [0.1, 0.15) is 43.7 Å². The fraction of sp³-hybridized carbons (Fsp3) is 0.345. The van der Waals surface area contributed by atoms with E-state index in [4.69, 9.17) is 0 Å². The molecule has 0 unspecified atom stereocenters. The lowest BCUT2D eigenvalue weighted by atomic mass is 10.0. The van der Waals surface area contributed by atoms with Gasteiger partial charge in [-0.05, 0) is 80.6 Å². The number of halogens is 1. The van der Waals surface area contributed by atoms with E-state index < -0.39 is 0 Å². The second-order valence-electron chi connectivity index (χ2n) is 9.73. The third kappa shape index (κ3) is 5.70. The molecule has 2 aliphatic heterocycles. The Hall–Kier alpha value is -2.84. The van der Waals surface area contributed by atoms with Crippen LogP contribution in [0.25, 0.3) is 17.0 Å². The summed E-state index contributed by atoms with van der Waals surface area (Å²) >= 11 is 4.53. The van der Waals surface area contributed by atoms with E-state index >= 15 is 0 Å². The average molecular weight is 581 g/mol. The molecule has 1 aromatic heterocycles. The minimum Gasteiger partial charge on any atom is -0.338 e. The first kappa shape index (κ1) is 25.8. The molecular weight excluding hydrogens is 550 g/mol. The molecule has 0 bridgehead atoms. The predicted molar refractivity (Wildman–Crippen MR) is 152 cm³/mol. The number of carbonyl (C=O) groups excluding carboxylic acids is 3. The zero-order valence-electron chi connectivity index (χ0n) is 20.9. The molecular formula is C29H30BrN3O3S. The SMILES string of the molecule is C[C@H]1CCCCN1C(=O)Cn1cc(/C=C2\SC(=O)N(CCCc3ccccc3)C2=O)c2cc(Br)ccc21. The predicted octanol–water partition coefficient (Wildman–Crippen LogP) is 6.47. The molecule has 8 heteroatoms. The Kier molecular flexibility index (Phi) is 7.86. The number of amides is 3. The number of rotatable bonds is 7. The van der Waals surface area contributed by atoms with Crippen molar-refractivity contribution in [2.75, 3.05) is 13.1 Å². The quantitative estimate of drug-likeness (QED) is 0.301. The summed E-state index contributed by atoms with van der Waals surface area (Å²) in [6.45, 7) is 3.56. The van der Waals surface area contributed by atoms with E-state index in [2.05, 4.69) is 35.0 Å². The van der Waals surface area contributed by atoms with Crippen molar-refractivity contribution in [3.63, 3.8) is 0 Å². The normalized spacial score (nSPS) is 19.4. The van der Waals surface area contributed by atoms with E-state index in [1.54, 1.807) is 6.08 Å². The van der Waals surface area contributed by atoms with Crippen molar-refractivity contribution in [2.24, 2.45) is 0 Å². The number of piperidine rings is 1.